The molecule has 1 amide bonds. The number of hydrogen-bond acceptors (Lipinski definition) is 5. The summed E-state index contributed by atoms with van der Waals surface area (Å²) >= 11 is 1.14. The van der Waals surface area contributed by atoms with E-state index in [0.717, 1.165) is 24.6 Å². The third kappa shape index (κ3) is 5.35. The molecule has 0 atom stereocenters. The molecule has 6 nitrogen and oxygen atoms in total. The van der Waals surface area contributed by atoms with Crippen molar-refractivity contribution >= 4 is 28.6 Å². The topological polar surface area (TPSA) is 73.2 Å². The van der Waals surface area contributed by atoms with Gasteiger partial charge in [-0.3, -0.25) is 14.2 Å². The Hall–Kier alpha value is -2.94. The lowest BCUT2D eigenvalue weighted by molar-refractivity contribution is -0.118. The van der Waals surface area contributed by atoms with Gasteiger partial charge in [0.2, 0.25) is 5.91 Å². The smallest absolute Gasteiger partial charge is 0.387 e. The first-order chi connectivity index (χ1) is 14.5. The van der Waals surface area contributed by atoms with Gasteiger partial charge in [-0.05, 0) is 42.8 Å². The number of halogens is 2. The van der Waals surface area contributed by atoms with Gasteiger partial charge in [0.25, 0.3) is 5.56 Å². The zero-order valence-corrected chi connectivity index (χ0v) is 17.1. The summed E-state index contributed by atoms with van der Waals surface area (Å²) < 4.78 is 30.6. The fraction of sp³-hybridized carbons (Fsp3) is 0.286. The third-order valence-electron chi connectivity index (χ3n) is 4.25. The van der Waals surface area contributed by atoms with Gasteiger partial charge in [-0.15, -0.1) is 0 Å². The molecule has 0 saturated carbocycles. The zero-order valence-electron chi connectivity index (χ0n) is 16.3. The van der Waals surface area contributed by atoms with E-state index in [0.29, 0.717) is 28.3 Å². The summed E-state index contributed by atoms with van der Waals surface area (Å²) in [5.41, 5.74) is 0.649. The van der Waals surface area contributed by atoms with Crippen molar-refractivity contribution in [2.24, 2.45) is 0 Å². The number of carbonyl (C=O) groups excluding carboxylic acids is 1. The summed E-state index contributed by atoms with van der Waals surface area (Å²) in [6.07, 6.45) is 1.87. The summed E-state index contributed by atoms with van der Waals surface area (Å²) in [5.74, 6) is -0.0655. The number of fused-ring (bicyclic) bond motifs is 1. The number of benzene rings is 2. The molecule has 1 heterocycles. The van der Waals surface area contributed by atoms with Crippen molar-refractivity contribution in [1.82, 2.24) is 14.9 Å². The van der Waals surface area contributed by atoms with Crippen molar-refractivity contribution in [3.63, 3.8) is 0 Å². The van der Waals surface area contributed by atoms with E-state index in [9.17, 15) is 18.4 Å². The van der Waals surface area contributed by atoms with E-state index >= 15 is 0 Å². The van der Waals surface area contributed by atoms with Crippen LogP contribution in [-0.4, -0.2) is 34.4 Å². The molecule has 0 unspecified atom stereocenters. The third-order valence-corrected chi connectivity index (χ3v) is 5.19. The van der Waals surface area contributed by atoms with Crippen molar-refractivity contribution in [1.29, 1.82) is 0 Å². The maximum absolute atomic E-state index is 13.1. The van der Waals surface area contributed by atoms with Crippen LogP contribution in [0.4, 0.5) is 8.78 Å². The number of nitrogens with one attached hydrogen (secondary N) is 1. The van der Waals surface area contributed by atoms with E-state index in [4.69, 9.17) is 0 Å². The standard InChI is InChI=1S/C21H21F2N3O3S/c1-2-3-12-24-18(27)13-30-21-25-17-7-5-4-6-16(17)19(28)26(21)14-8-10-15(11-9-14)29-20(22)23/h4-11,20H,2-3,12-13H2,1H3,(H,24,27). The quantitative estimate of drug-likeness (QED) is 0.314. The number of nitrogens with zero attached hydrogens (tertiary/aromatic N) is 2. The second-order valence-electron chi connectivity index (χ2n) is 6.42. The summed E-state index contributed by atoms with van der Waals surface area (Å²) in [6.45, 7) is -0.298. The summed E-state index contributed by atoms with van der Waals surface area (Å²) in [7, 11) is 0. The molecule has 0 radical (unpaired) electrons. The van der Waals surface area contributed by atoms with Gasteiger partial charge < -0.3 is 10.1 Å². The molecule has 0 aliphatic carbocycles. The highest BCUT2D eigenvalue weighted by Gasteiger charge is 2.15. The van der Waals surface area contributed by atoms with E-state index in [2.05, 4.69) is 15.0 Å². The predicted octanol–water partition coefficient (Wildman–Crippen LogP) is 4.00. The lowest BCUT2D eigenvalue weighted by Crippen LogP contribution is -2.27. The first-order valence-electron chi connectivity index (χ1n) is 9.46. The minimum Gasteiger partial charge on any atom is -0.435 e. The van der Waals surface area contributed by atoms with Gasteiger partial charge in [-0.1, -0.05) is 37.2 Å². The maximum atomic E-state index is 13.1. The molecular formula is C21H21F2N3O3S. The molecule has 158 valence electrons. The number of thioether (sulfide) groups is 1. The highest BCUT2D eigenvalue weighted by atomic mass is 32.2. The molecule has 30 heavy (non-hydrogen) atoms. The fourth-order valence-corrected chi connectivity index (χ4v) is 3.64. The highest BCUT2D eigenvalue weighted by molar-refractivity contribution is 7.99. The van der Waals surface area contributed by atoms with Crippen LogP contribution in [0.15, 0.2) is 58.5 Å². The Morgan fingerprint density at radius 3 is 2.63 bits per heavy atom. The van der Waals surface area contributed by atoms with E-state index in [-0.39, 0.29) is 23.0 Å². The highest BCUT2D eigenvalue weighted by Crippen LogP contribution is 2.23. The minimum absolute atomic E-state index is 0.0138. The van der Waals surface area contributed by atoms with Crippen LogP contribution in [0.1, 0.15) is 19.8 Å². The number of alkyl halides is 2. The number of para-hydroxylation sites is 1. The SMILES string of the molecule is CCCCNC(=O)CSc1nc2ccccc2c(=O)n1-c1ccc(OC(F)F)cc1. The number of rotatable bonds is 9. The predicted molar refractivity (Wildman–Crippen MR) is 113 cm³/mol. The largest absolute Gasteiger partial charge is 0.435 e. The molecule has 0 saturated heterocycles. The first-order valence-corrected chi connectivity index (χ1v) is 10.4. The van der Waals surface area contributed by atoms with Gasteiger partial charge in [0.15, 0.2) is 5.16 Å². The van der Waals surface area contributed by atoms with Crippen molar-refractivity contribution in [2.75, 3.05) is 12.3 Å². The first kappa shape index (κ1) is 21.8. The zero-order chi connectivity index (χ0) is 21.5. The van der Waals surface area contributed by atoms with Gasteiger partial charge in [0.05, 0.1) is 22.3 Å². The average Bonchev–Trinajstić information content (AvgIpc) is 2.73. The fourth-order valence-electron chi connectivity index (χ4n) is 2.80. The van der Waals surface area contributed by atoms with Crippen LogP contribution in [0.3, 0.4) is 0 Å². The molecular weight excluding hydrogens is 412 g/mol. The molecule has 0 fully saturated rings. The van der Waals surface area contributed by atoms with Crippen LogP contribution in [0.5, 0.6) is 5.75 Å². The van der Waals surface area contributed by atoms with E-state index < -0.39 is 6.61 Å². The number of unbranched alkanes of at least 4 members (excludes halogenated alkanes) is 1. The van der Waals surface area contributed by atoms with Gasteiger partial charge in [-0.2, -0.15) is 8.78 Å². The number of aromatic nitrogens is 2. The Morgan fingerprint density at radius 1 is 1.20 bits per heavy atom. The molecule has 3 rings (SSSR count). The lowest BCUT2D eigenvalue weighted by Gasteiger charge is -2.14. The van der Waals surface area contributed by atoms with Gasteiger partial charge in [0, 0.05) is 6.54 Å². The molecule has 0 bridgehead atoms. The summed E-state index contributed by atoms with van der Waals surface area (Å²) in [5, 5.41) is 3.59. The Kier molecular flexibility index (Phi) is 7.40. The van der Waals surface area contributed by atoms with Crippen LogP contribution >= 0.6 is 11.8 Å². The number of hydrogen-bond donors (Lipinski definition) is 1. The molecule has 2 aromatic carbocycles. The molecule has 9 heteroatoms. The van der Waals surface area contributed by atoms with Crippen LogP contribution < -0.4 is 15.6 Å². The van der Waals surface area contributed by atoms with Crippen molar-refractivity contribution < 1.29 is 18.3 Å². The Labute approximate surface area is 176 Å². The van der Waals surface area contributed by atoms with Crippen molar-refractivity contribution in [3.8, 4) is 11.4 Å². The Morgan fingerprint density at radius 2 is 1.93 bits per heavy atom. The Balaban J connectivity index is 1.95. The Bertz CT molecular complexity index is 1070. The van der Waals surface area contributed by atoms with Crippen LogP contribution in [0.2, 0.25) is 0 Å². The van der Waals surface area contributed by atoms with Crippen molar-refractivity contribution in [2.45, 2.75) is 31.5 Å². The molecule has 0 aliphatic rings. The van der Waals surface area contributed by atoms with Crippen LogP contribution in [-0.2, 0) is 4.79 Å². The summed E-state index contributed by atoms with van der Waals surface area (Å²) in [6, 6.07) is 12.6. The maximum Gasteiger partial charge on any atom is 0.387 e. The second kappa shape index (κ2) is 10.2. The van der Waals surface area contributed by atoms with Gasteiger partial charge in [0.1, 0.15) is 5.75 Å². The van der Waals surface area contributed by atoms with Gasteiger partial charge in [-0.25, -0.2) is 4.98 Å². The van der Waals surface area contributed by atoms with E-state index in [1.54, 1.807) is 24.3 Å². The average molecular weight is 433 g/mol. The van der Waals surface area contributed by atoms with Crippen LogP contribution in [0.25, 0.3) is 16.6 Å². The number of amides is 1. The minimum atomic E-state index is -2.93. The lowest BCUT2D eigenvalue weighted by atomic mass is 10.2. The van der Waals surface area contributed by atoms with Gasteiger partial charge >= 0.3 is 6.61 Å². The molecule has 1 aromatic heterocycles. The number of carbonyl (C=O) groups is 1. The molecule has 3 aromatic rings. The van der Waals surface area contributed by atoms with E-state index in [1.807, 2.05) is 6.92 Å². The number of ether oxygens (including phenoxy) is 1. The molecule has 0 spiro atoms. The van der Waals surface area contributed by atoms with Crippen LogP contribution in [0, 0.1) is 0 Å². The molecule has 1 N–H and O–H groups in total. The normalized spacial score (nSPS) is 11.1. The summed E-state index contributed by atoms with van der Waals surface area (Å²) in [4.78, 5) is 29.8. The van der Waals surface area contributed by atoms with E-state index in [1.165, 1.54) is 28.8 Å². The monoisotopic (exact) mass is 433 g/mol. The second-order valence-corrected chi connectivity index (χ2v) is 7.36. The van der Waals surface area contributed by atoms with Crippen molar-refractivity contribution in [3.05, 3.63) is 58.9 Å². The molecule has 0 aliphatic heterocycles.